The van der Waals surface area contributed by atoms with Crippen molar-refractivity contribution in [2.75, 3.05) is 5.75 Å². The highest BCUT2D eigenvalue weighted by Gasteiger charge is 2.04. The van der Waals surface area contributed by atoms with Crippen molar-refractivity contribution >= 4 is 22.5 Å². The molecule has 2 aromatic carbocycles. The van der Waals surface area contributed by atoms with Crippen LogP contribution in [0, 0.1) is 0 Å². The Morgan fingerprint density at radius 2 is 1.93 bits per heavy atom. The van der Waals surface area contributed by atoms with Crippen LogP contribution in [-0.4, -0.2) is 10.9 Å². The number of hydrogen-bond donors (Lipinski definition) is 1. The Bertz CT molecular complexity index is 451. The maximum Gasteiger partial charge on any atom is 0.136 e. The van der Waals surface area contributed by atoms with Crippen LogP contribution in [0.5, 0.6) is 5.75 Å². The monoisotopic (exact) mass is 204 g/mol. The molecular formula is C12H12OS. The van der Waals surface area contributed by atoms with Gasteiger partial charge < -0.3 is 5.11 Å². The summed E-state index contributed by atoms with van der Waals surface area (Å²) < 4.78 is 0. The van der Waals surface area contributed by atoms with Gasteiger partial charge in [-0.15, -0.1) is 11.8 Å². The highest BCUT2D eigenvalue weighted by atomic mass is 32.2. The molecule has 0 aromatic heterocycles. The molecule has 72 valence electrons. The Morgan fingerprint density at radius 1 is 1.14 bits per heavy atom. The molecule has 1 nitrogen and oxygen atoms in total. The Kier molecular flexibility index (Phi) is 2.64. The Morgan fingerprint density at radius 3 is 2.71 bits per heavy atom. The summed E-state index contributed by atoms with van der Waals surface area (Å²) in [4.78, 5) is 0.964. The van der Waals surface area contributed by atoms with Gasteiger partial charge in [0.05, 0.1) is 0 Å². The maximum atomic E-state index is 9.96. The molecule has 14 heavy (non-hydrogen) atoms. The number of benzene rings is 2. The summed E-state index contributed by atoms with van der Waals surface area (Å²) in [5, 5.41) is 12.0. The maximum absolute atomic E-state index is 9.96. The number of hydrogen-bond acceptors (Lipinski definition) is 2. The minimum atomic E-state index is 0.412. The van der Waals surface area contributed by atoms with Crippen LogP contribution in [-0.2, 0) is 0 Å². The highest BCUT2D eigenvalue weighted by molar-refractivity contribution is 7.99. The Labute approximate surface area is 87.8 Å². The van der Waals surface area contributed by atoms with Crippen molar-refractivity contribution < 1.29 is 5.11 Å². The zero-order valence-corrected chi connectivity index (χ0v) is 8.84. The summed E-state index contributed by atoms with van der Waals surface area (Å²) in [6.07, 6.45) is 0. The zero-order chi connectivity index (χ0) is 9.97. The van der Waals surface area contributed by atoms with E-state index in [4.69, 9.17) is 0 Å². The van der Waals surface area contributed by atoms with E-state index in [-0.39, 0.29) is 0 Å². The normalized spacial score (nSPS) is 10.6. The standard InChI is InChI=1S/C12H12OS/c1-2-14-11-8-7-9-5-3-4-6-10(9)12(11)13/h3-8,13H,2H2,1H3. The second-order valence-electron chi connectivity index (χ2n) is 3.07. The topological polar surface area (TPSA) is 20.2 Å². The van der Waals surface area contributed by atoms with E-state index < -0.39 is 0 Å². The van der Waals surface area contributed by atoms with Crippen molar-refractivity contribution in [2.24, 2.45) is 0 Å². The third-order valence-corrected chi connectivity index (χ3v) is 3.09. The number of rotatable bonds is 2. The van der Waals surface area contributed by atoms with Gasteiger partial charge in [-0.25, -0.2) is 0 Å². The molecular weight excluding hydrogens is 192 g/mol. The predicted octanol–water partition coefficient (Wildman–Crippen LogP) is 3.66. The molecule has 2 aromatic rings. The first kappa shape index (κ1) is 9.41. The smallest absolute Gasteiger partial charge is 0.136 e. The summed E-state index contributed by atoms with van der Waals surface area (Å²) in [5.41, 5.74) is 0. The van der Waals surface area contributed by atoms with Crippen LogP contribution in [0.4, 0.5) is 0 Å². The molecule has 0 unspecified atom stereocenters. The van der Waals surface area contributed by atoms with Crippen molar-refractivity contribution in [2.45, 2.75) is 11.8 Å². The molecule has 0 bridgehead atoms. The van der Waals surface area contributed by atoms with Gasteiger partial charge in [-0.05, 0) is 17.2 Å². The predicted molar refractivity (Wildman–Crippen MR) is 62.0 cm³/mol. The van der Waals surface area contributed by atoms with Gasteiger partial charge >= 0.3 is 0 Å². The van der Waals surface area contributed by atoms with E-state index in [0.717, 1.165) is 21.4 Å². The molecule has 0 aliphatic rings. The van der Waals surface area contributed by atoms with Crippen LogP contribution in [0.15, 0.2) is 41.3 Å². The van der Waals surface area contributed by atoms with E-state index in [1.54, 1.807) is 11.8 Å². The Balaban J connectivity index is 2.63. The van der Waals surface area contributed by atoms with Crippen LogP contribution in [0.1, 0.15) is 6.92 Å². The van der Waals surface area contributed by atoms with Gasteiger partial charge in [-0.2, -0.15) is 0 Å². The largest absolute Gasteiger partial charge is 0.506 e. The second kappa shape index (κ2) is 3.93. The van der Waals surface area contributed by atoms with E-state index in [1.807, 2.05) is 36.4 Å². The second-order valence-corrected chi connectivity index (χ2v) is 4.37. The first-order valence-electron chi connectivity index (χ1n) is 4.66. The number of thioether (sulfide) groups is 1. The van der Waals surface area contributed by atoms with Crippen LogP contribution in [0.3, 0.4) is 0 Å². The molecule has 0 amide bonds. The lowest BCUT2D eigenvalue weighted by molar-refractivity contribution is 0.469. The molecule has 0 radical (unpaired) electrons. The fourth-order valence-corrected chi connectivity index (χ4v) is 2.23. The van der Waals surface area contributed by atoms with Gasteiger partial charge in [-0.3, -0.25) is 0 Å². The summed E-state index contributed by atoms with van der Waals surface area (Å²) >= 11 is 1.67. The first-order chi connectivity index (χ1) is 6.83. The lowest BCUT2D eigenvalue weighted by atomic mass is 10.1. The van der Waals surface area contributed by atoms with Crippen molar-refractivity contribution in [3.63, 3.8) is 0 Å². The van der Waals surface area contributed by atoms with Crippen LogP contribution >= 0.6 is 11.8 Å². The summed E-state index contributed by atoms with van der Waals surface area (Å²) in [6.45, 7) is 2.08. The lowest BCUT2D eigenvalue weighted by Gasteiger charge is -2.05. The molecule has 2 heteroatoms. The van der Waals surface area contributed by atoms with E-state index in [2.05, 4.69) is 6.92 Å². The third-order valence-electron chi connectivity index (χ3n) is 2.16. The number of aromatic hydroxyl groups is 1. The van der Waals surface area contributed by atoms with Crippen molar-refractivity contribution in [1.29, 1.82) is 0 Å². The molecule has 2 rings (SSSR count). The summed E-state index contributed by atoms with van der Waals surface area (Å²) in [7, 11) is 0. The van der Waals surface area contributed by atoms with Crippen molar-refractivity contribution in [1.82, 2.24) is 0 Å². The zero-order valence-electron chi connectivity index (χ0n) is 8.03. The molecule has 0 saturated carbocycles. The quantitative estimate of drug-likeness (QED) is 0.753. The van der Waals surface area contributed by atoms with Crippen LogP contribution in [0.25, 0.3) is 10.8 Å². The molecule has 0 heterocycles. The average Bonchev–Trinajstić information content (AvgIpc) is 2.23. The van der Waals surface area contributed by atoms with E-state index in [9.17, 15) is 5.11 Å². The van der Waals surface area contributed by atoms with Gasteiger partial charge in [0, 0.05) is 10.3 Å². The SMILES string of the molecule is CCSc1ccc2ccccc2c1O. The van der Waals surface area contributed by atoms with Gasteiger partial charge in [0.1, 0.15) is 5.75 Å². The number of phenols is 1. The van der Waals surface area contributed by atoms with Gasteiger partial charge in [0.15, 0.2) is 0 Å². The van der Waals surface area contributed by atoms with E-state index in [0.29, 0.717) is 5.75 Å². The van der Waals surface area contributed by atoms with Crippen LogP contribution in [0.2, 0.25) is 0 Å². The summed E-state index contributed by atoms with van der Waals surface area (Å²) in [6, 6.07) is 11.9. The van der Waals surface area contributed by atoms with Gasteiger partial charge in [0.25, 0.3) is 0 Å². The van der Waals surface area contributed by atoms with E-state index >= 15 is 0 Å². The first-order valence-corrected chi connectivity index (χ1v) is 5.65. The average molecular weight is 204 g/mol. The molecule has 0 spiro atoms. The third kappa shape index (κ3) is 1.58. The number of fused-ring (bicyclic) bond motifs is 1. The minimum Gasteiger partial charge on any atom is -0.506 e. The highest BCUT2D eigenvalue weighted by Crippen LogP contribution is 2.34. The van der Waals surface area contributed by atoms with Gasteiger partial charge in [0.2, 0.25) is 0 Å². The molecule has 1 N–H and O–H groups in total. The fraction of sp³-hybridized carbons (Fsp3) is 0.167. The minimum absolute atomic E-state index is 0.412. The molecule has 0 aliphatic carbocycles. The molecule has 0 aliphatic heterocycles. The van der Waals surface area contributed by atoms with Gasteiger partial charge in [-0.1, -0.05) is 37.3 Å². The summed E-state index contributed by atoms with van der Waals surface area (Å²) in [5.74, 6) is 1.39. The molecule has 0 atom stereocenters. The molecule has 0 fully saturated rings. The lowest BCUT2D eigenvalue weighted by Crippen LogP contribution is -1.78. The van der Waals surface area contributed by atoms with E-state index in [1.165, 1.54) is 0 Å². The fourth-order valence-electron chi connectivity index (χ4n) is 1.51. The van der Waals surface area contributed by atoms with Crippen molar-refractivity contribution in [3.05, 3.63) is 36.4 Å². The molecule has 0 saturated heterocycles. The van der Waals surface area contributed by atoms with Crippen LogP contribution < -0.4 is 0 Å². The van der Waals surface area contributed by atoms with Crippen molar-refractivity contribution in [3.8, 4) is 5.75 Å². The number of phenolic OH excluding ortho intramolecular Hbond substituents is 1. The Hall–Kier alpha value is -1.15.